The van der Waals surface area contributed by atoms with Crippen molar-refractivity contribution < 1.29 is 0 Å². The van der Waals surface area contributed by atoms with Gasteiger partial charge in [-0.2, -0.15) is 0 Å². The number of hydrogen-bond acceptors (Lipinski definition) is 0. The van der Waals surface area contributed by atoms with Crippen LogP contribution >= 0.6 is 0 Å². The monoisotopic (exact) mass is 217 g/mol. The van der Waals surface area contributed by atoms with E-state index in [0.29, 0.717) is 23.4 Å². The highest BCUT2D eigenvalue weighted by atomic mass is 14.6. The molecule has 1 aromatic carbocycles. The molecular formula is C15H23N. The van der Waals surface area contributed by atoms with Crippen LogP contribution < -0.4 is 5.73 Å². The molecule has 0 heterocycles. The lowest BCUT2D eigenvalue weighted by Gasteiger charge is -2.18. The smallest absolute Gasteiger partial charge is 0.0926 e. The summed E-state index contributed by atoms with van der Waals surface area (Å²) in [7, 11) is 0. The van der Waals surface area contributed by atoms with Gasteiger partial charge >= 0.3 is 0 Å². The summed E-state index contributed by atoms with van der Waals surface area (Å²) >= 11 is 0. The van der Waals surface area contributed by atoms with E-state index in [0.717, 1.165) is 11.1 Å². The standard InChI is InChI=1S/C15H23N/c1-9(2)12-7-13(10(3)4)15(16)14(8-12)11(5)6/h7-11H,1-6H3. The molecule has 1 rings (SSSR count). The highest BCUT2D eigenvalue weighted by molar-refractivity contribution is 5.56. The summed E-state index contributed by atoms with van der Waals surface area (Å²) in [4.78, 5) is 0. The molecule has 0 atom stereocenters. The Morgan fingerprint density at radius 2 is 1.12 bits per heavy atom. The van der Waals surface area contributed by atoms with E-state index in [1.165, 1.54) is 5.56 Å². The lowest BCUT2D eigenvalue weighted by Crippen LogP contribution is -2.01. The van der Waals surface area contributed by atoms with Crippen LogP contribution in [0.5, 0.6) is 0 Å². The molecule has 0 fully saturated rings. The number of hydrogen-bond donors (Lipinski definition) is 0. The quantitative estimate of drug-likeness (QED) is 0.696. The second-order valence-electron chi connectivity index (χ2n) is 5.51. The van der Waals surface area contributed by atoms with E-state index >= 15 is 0 Å². The third kappa shape index (κ3) is 2.58. The van der Waals surface area contributed by atoms with Crippen molar-refractivity contribution in [3.8, 4) is 0 Å². The molecule has 0 bridgehead atoms. The van der Waals surface area contributed by atoms with E-state index in [1.54, 1.807) is 0 Å². The first-order valence-electron chi connectivity index (χ1n) is 6.21. The summed E-state index contributed by atoms with van der Waals surface area (Å²) in [6, 6.07) is 4.30. The van der Waals surface area contributed by atoms with Crippen LogP contribution in [0.1, 0.15) is 76.0 Å². The third-order valence-corrected chi connectivity index (χ3v) is 3.10. The van der Waals surface area contributed by atoms with Gasteiger partial charge in [0.25, 0.3) is 0 Å². The number of nitrogens with zero attached hydrogens (tertiary/aromatic N) is 1. The summed E-state index contributed by atoms with van der Waals surface area (Å²) in [5.41, 5.74) is 14.2. The van der Waals surface area contributed by atoms with E-state index in [1.807, 2.05) is 0 Å². The Labute approximate surface area is 100 Å². The Kier molecular flexibility index (Phi) is 4.01. The zero-order chi connectivity index (χ0) is 12.5. The third-order valence-electron chi connectivity index (χ3n) is 3.10. The molecule has 1 heteroatoms. The maximum atomic E-state index is 10.2. The second-order valence-corrected chi connectivity index (χ2v) is 5.51. The Balaban J connectivity index is 3.39. The molecule has 1 aromatic rings. The molecule has 0 aliphatic rings. The van der Waals surface area contributed by atoms with Crippen molar-refractivity contribution in [2.24, 2.45) is 0 Å². The summed E-state index contributed by atoms with van der Waals surface area (Å²) in [6.45, 7) is 12.9. The Morgan fingerprint density at radius 1 is 0.750 bits per heavy atom. The summed E-state index contributed by atoms with van der Waals surface area (Å²) in [5.74, 6) is 1.25. The van der Waals surface area contributed by atoms with Crippen LogP contribution in [-0.4, -0.2) is 0 Å². The minimum atomic E-state index is 0.371. The van der Waals surface area contributed by atoms with Crippen molar-refractivity contribution in [2.75, 3.05) is 0 Å². The maximum Gasteiger partial charge on any atom is 0.0926 e. The Hall–Kier alpha value is -0.980. The average molecular weight is 217 g/mol. The largest absolute Gasteiger partial charge is 0.150 e. The molecule has 0 N–H and O–H groups in total. The first kappa shape index (κ1) is 13.1. The second kappa shape index (κ2) is 4.90. The molecule has 0 unspecified atom stereocenters. The van der Waals surface area contributed by atoms with Crippen LogP contribution in [0.2, 0.25) is 0 Å². The van der Waals surface area contributed by atoms with Gasteiger partial charge in [-0.05, 0) is 34.4 Å². The first-order valence-corrected chi connectivity index (χ1v) is 6.21. The highest BCUT2D eigenvalue weighted by Crippen LogP contribution is 2.34. The van der Waals surface area contributed by atoms with E-state index in [2.05, 4.69) is 53.7 Å². The van der Waals surface area contributed by atoms with Crippen molar-refractivity contribution >= 4 is 5.69 Å². The Morgan fingerprint density at radius 3 is 1.38 bits per heavy atom. The van der Waals surface area contributed by atoms with Gasteiger partial charge in [0.15, 0.2) is 0 Å². The molecule has 0 aliphatic carbocycles. The fourth-order valence-electron chi connectivity index (χ4n) is 1.92. The van der Waals surface area contributed by atoms with Gasteiger partial charge in [-0.25, -0.2) is 0 Å². The van der Waals surface area contributed by atoms with Gasteiger partial charge in [-0.1, -0.05) is 53.7 Å². The van der Waals surface area contributed by atoms with Gasteiger partial charge in [-0.3, -0.25) is 0 Å². The SMILES string of the molecule is CC(C)c1cc(C(C)C)c([N])c(C(C)C)c1. The van der Waals surface area contributed by atoms with E-state index in [9.17, 15) is 5.73 Å². The fourth-order valence-corrected chi connectivity index (χ4v) is 1.92. The van der Waals surface area contributed by atoms with Crippen LogP contribution in [0.3, 0.4) is 0 Å². The molecule has 0 saturated carbocycles. The average Bonchev–Trinajstić information content (AvgIpc) is 2.16. The normalized spacial score (nSPS) is 11.8. The first-order chi connectivity index (χ1) is 7.34. The zero-order valence-electron chi connectivity index (χ0n) is 11.3. The van der Waals surface area contributed by atoms with Gasteiger partial charge in [0.05, 0.1) is 5.69 Å². The molecule has 2 radical (unpaired) electrons. The van der Waals surface area contributed by atoms with Crippen LogP contribution in [0.15, 0.2) is 12.1 Å². The van der Waals surface area contributed by atoms with Crippen LogP contribution in [-0.2, 0) is 0 Å². The minimum Gasteiger partial charge on any atom is -0.150 e. The van der Waals surface area contributed by atoms with Crippen LogP contribution in [0.25, 0.3) is 0 Å². The summed E-state index contributed by atoms with van der Waals surface area (Å²) < 4.78 is 0. The number of benzene rings is 1. The molecule has 0 spiro atoms. The molecule has 1 nitrogen and oxygen atoms in total. The maximum absolute atomic E-state index is 10.2. The van der Waals surface area contributed by atoms with Gasteiger partial charge in [0, 0.05) is 0 Å². The van der Waals surface area contributed by atoms with Crippen molar-refractivity contribution in [3.63, 3.8) is 0 Å². The molecular weight excluding hydrogens is 194 g/mol. The Bertz CT molecular complexity index is 333. The predicted molar refractivity (Wildman–Crippen MR) is 70.5 cm³/mol. The summed E-state index contributed by atoms with van der Waals surface area (Å²) in [6.07, 6.45) is 0. The predicted octanol–water partition coefficient (Wildman–Crippen LogP) is 4.76. The zero-order valence-corrected chi connectivity index (χ0v) is 11.3. The van der Waals surface area contributed by atoms with Gasteiger partial charge in [0.2, 0.25) is 0 Å². The van der Waals surface area contributed by atoms with E-state index in [4.69, 9.17) is 0 Å². The highest BCUT2D eigenvalue weighted by Gasteiger charge is 2.15. The lowest BCUT2D eigenvalue weighted by molar-refractivity contribution is 0.803. The molecule has 16 heavy (non-hydrogen) atoms. The molecule has 0 aromatic heterocycles. The van der Waals surface area contributed by atoms with Gasteiger partial charge < -0.3 is 0 Å². The van der Waals surface area contributed by atoms with Crippen molar-refractivity contribution in [1.82, 2.24) is 5.73 Å². The van der Waals surface area contributed by atoms with Gasteiger partial charge in [-0.15, -0.1) is 5.73 Å². The molecule has 0 amide bonds. The summed E-state index contributed by atoms with van der Waals surface area (Å²) in [5, 5.41) is 0. The van der Waals surface area contributed by atoms with Crippen molar-refractivity contribution in [2.45, 2.75) is 59.3 Å². The van der Waals surface area contributed by atoms with E-state index < -0.39 is 0 Å². The van der Waals surface area contributed by atoms with Gasteiger partial charge in [0.1, 0.15) is 0 Å². The number of rotatable bonds is 3. The van der Waals surface area contributed by atoms with Crippen molar-refractivity contribution in [1.29, 1.82) is 0 Å². The fraction of sp³-hybridized carbons (Fsp3) is 0.600. The molecule has 88 valence electrons. The molecule has 0 aliphatic heterocycles. The van der Waals surface area contributed by atoms with E-state index in [-0.39, 0.29) is 0 Å². The van der Waals surface area contributed by atoms with Crippen LogP contribution in [0.4, 0.5) is 5.69 Å². The lowest BCUT2D eigenvalue weighted by atomic mass is 9.88. The van der Waals surface area contributed by atoms with Crippen molar-refractivity contribution in [3.05, 3.63) is 28.8 Å². The topological polar surface area (TPSA) is 22.3 Å². The molecule has 0 saturated heterocycles. The van der Waals surface area contributed by atoms with Crippen LogP contribution in [0, 0.1) is 0 Å². The minimum absolute atomic E-state index is 0.371.